The molecule has 3 atom stereocenters. The van der Waals surface area contributed by atoms with Crippen molar-refractivity contribution in [2.24, 2.45) is 5.92 Å². The summed E-state index contributed by atoms with van der Waals surface area (Å²) >= 11 is 0. The summed E-state index contributed by atoms with van der Waals surface area (Å²) < 4.78 is 5.13. The van der Waals surface area contributed by atoms with E-state index in [1.165, 1.54) is 32.7 Å². The molecule has 0 aromatic heterocycles. The summed E-state index contributed by atoms with van der Waals surface area (Å²) in [6, 6.07) is 25.9. The Balaban J connectivity index is 1.48. The summed E-state index contributed by atoms with van der Waals surface area (Å²) in [7, 11) is 1.68. The van der Waals surface area contributed by atoms with E-state index in [0.29, 0.717) is 24.6 Å². The van der Waals surface area contributed by atoms with E-state index in [9.17, 15) is 4.79 Å². The molecule has 4 aromatic carbocycles. The third-order valence-electron chi connectivity index (χ3n) is 7.58. The van der Waals surface area contributed by atoms with Gasteiger partial charge in [-0.1, -0.05) is 72.8 Å². The average Bonchev–Trinajstić information content (AvgIpc) is 3.39. The monoisotopic (exact) mass is 462 g/mol. The molecule has 2 aliphatic rings. The summed E-state index contributed by atoms with van der Waals surface area (Å²) in [5.41, 5.74) is 4.23. The van der Waals surface area contributed by atoms with Crippen molar-refractivity contribution in [3.05, 3.63) is 102 Å². The van der Waals surface area contributed by atoms with Crippen LogP contribution in [-0.2, 0) is 4.74 Å². The number of rotatable bonds is 6. The zero-order valence-electron chi connectivity index (χ0n) is 20.0. The average molecular weight is 463 g/mol. The van der Waals surface area contributed by atoms with E-state index in [-0.39, 0.29) is 17.9 Å². The normalized spacial score (nSPS) is 20.4. The summed E-state index contributed by atoms with van der Waals surface area (Å²) in [5.74, 6) is 0.652. The second kappa shape index (κ2) is 9.20. The SMILES string of the molecule is COCCCNC(=O)c1cccc2c1NC(c1c3ccccc3cc3ccccc13)C1CC=CC21. The van der Waals surface area contributed by atoms with Crippen LogP contribution in [0.25, 0.3) is 21.5 Å². The highest BCUT2D eigenvalue weighted by Crippen LogP contribution is 2.52. The number of nitrogens with one attached hydrogen (secondary N) is 2. The van der Waals surface area contributed by atoms with Gasteiger partial charge in [0.05, 0.1) is 17.3 Å². The Bertz CT molecular complexity index is 1390. The Morgan fingerprint density at radius 2 is 1.74 bits per heavy atom. The molecule has 1 aliphatic carbocycles. The molecule has 35 heavy (non-hydrogen) atoms. The number of benzene rings is 4. The van der Waals surface area contributed by atoms with Crippen LogP contribution >= 0.6 is 0 Å². The minimum Gasteiger partial charge on any atom is -0.385 e. The molecule has 0 radical (unpaired) electrons. The van der Waals surface area contributed by atoms with Crippen LogP contribution in [0.4, 0.5) is 5.69 Å². The highest BCUT2D eigenvalue weighted by Gasteiger charge is 2.40. The van der Waals surface area contributed by atoms with E-state index >= 15 is 0 Å². The van der Waals surface area contributed by atoms with Crippen LogP contribution in [0.2, 0.25) is 0 Å². The van der Waals surface area contributed by atoms with Gasteiger partial charge in [-0.15, -0.1) is 0 Å². The molecule has 0 saturated heterocycles. The molecule has 4 aromatic rings. The van der Waals surface area contributed by atoms with Gasteiger partial charge < -0.3 is 15.4 Å². The number of carbonyl (C=O) groups is 1. The van der Waals surface area contributed by atoms with Gasteiger partial charge in [-0.3, -0.25) is 4.79 Å². The molecule has 3 unspecified atom stereocenters. The maximum Gasteiger partial charge on any atom is 0.253 e. The molecule has 0 fully saturated rings. The zero-order chi connectivity index (χ0) is 23.8. The van der Waals surface area contributed by atoms with Crippen LogP contribution in [0.5, 0.6) is 0 Å². The van der Waals surface area contributed by atoms with Crippen LogP contribution in [-0.4, -0.2) is 26.2 Å². The lowest BCUT2D eigenvalue weighted by molar-refractivity contribution is 0.0949. The first-order chi connectivity index (χ1) is 17.3. The van der Waals surface area contributed by atoms with E-state index in [0.717, 1.165) is 18.5 Å². The number of fused-ring (bicyclic) bond motifs is 5. The first-order valence-corrected chi connectivity index (χ1v) is 12.5. The smallest absolute Gasteiger partial charge is 0.253 e. The summed E-state index contributed by atoms with van der Waals surface area (Å²) in [4.78, 5) is 13.2. The van der Waals surface area contributed by atoms with Gasteiger partial charge in [-0.05, 0) is 63.6 Å². The van der Waals surface area contributed by atoms with Crippen molar-refractivity contribution >= 4 is 33.1 Å². The lowest BCUT2D eigenvalue weighted by Gasteiger charge is -2.39. The van der Waals surface area contributed by atoms with Gasteiger partial charge in [0.25, 0.3) is 5.91 Å². The number of hydrogen-bond donors (Lipinski definition) is 2. The first-order valence-electron chi connectivity index (χ1n) is 12.5. The Kier molecular flexibility index (Phi) is 5.75. The molecular weight excluding hydrogens is 432 g/mol. The lowest BCUT2D eigenvalue weighted by atomic mass is 9.74. The largest absolute Gasteiger partial charge is 0.385 e. The number of allylic oxidation sites excluding steroid dienone is 2. The number of carbonyl (C=O) groups excluding carboxylic acids is 1. The minimum atomic E-state index is -0.0348. The number of methoxy groups -OCH3 is 1. The number of anilines is 1. The fraction of sp³-hybridized carbons (Fsp3) is 0.258. The lowest BCUT2D eigenvalue weighted by Crippen LogP contribution is -2.32. The van der Waals surface area contributed by atoms with Crippen LogP contribution in [0.1, 0.15) is 46.3 Å². The highest BCUT2D eigenvalue weighted by molar-refractivity contribution is 6.04. The van der Waals surface area contributed by atoms with Crippen molar-refractivity contribution in [1.29, 1.82) is 0 Å². The molecule has 1 heterocycles. The number of para-hydroxylation sites is 1. The van der Waals surface area contributed by atoms with E-state index in [4.69, 9.17) is 4.74 Å². The molecule has 6 rings (SSSR count). The van der Waals surface area contributed by atoms with Gasteiger partial charge in [-0.2, -0.15) is 0 Å². The van der Waals surface area contributed by atoms with Gasteiger partial charge in [0.15, 0.2) is 0 Å². The maximum atomic E-state index is 13.2. The van der Waals surface area contributed by atoms with Gasteiger partial charge in [-0.25, -0.2) is 0 Å². The minimum absolute atomic E-state index is 0.0348. The van der Waals surface area contributed by atoms with Crippen molar-refractivity contribution < 1.29 is 9.53 Å². The highest BCUT2D eigenvalue weighted by atomic mass is 16.5. The van der Waals surface area contributed by atoms with Gasteiger partial charge >= 0.3 is 0 Å². The van der Waals surface area contributed by atoms with Crippen LogP contribution in [0.15, 0.2) is 84.9 Å². The maximum absolute atomic E-state index is 13.2. The number of hydrogen-bond acceptors (Lipinski definition) is 3. The fourth-order valence-electron chi connectivity index (χ4n) is 5.99. The molecule has 0 saturated carbocycles. The molecule has 0 spiro atoms. The van der Waals surface area contributed by atoms with Crippen molar-refractivity contribution in [1.82, 2.24) is 5.32 Å². The third-order valence-corrected chi connectivity index (χ3v) is 7.58. The van der Waals surface area contributed by atoms with E-state index < -0.39 is 0 Å². The Morgan fingerprint density at radius 3 is 2.49 bits per heavy atom. The molecule has 4 nitrogen and oxygen atoms in total. The molecular formula is C31H30N2O2. The Hall–Kier alpha value is -3.63. The Labute approximate surface area is 206 Å². The fourth-order valence-corrected chi connectivity index (χ4v) is 5.99. The predicted octanol–water partition coefficient (Wildman–Crippen LogP) is 6.59. The van der Waals surface area contributed by atoms with Crippen molar-refractivity contribution in [3.8, 4) is 0 Å². The van der Waals surface area contributed by atoms with E-state index in [1.807, 2.05) is 12.1 Å². The number of amides is 1. The van der Waals surface area contributed by atoms with Crippen molar-refractivity contribution in [3.63, 3.8) is 0 Å². The standard InChI is InChI=1S/C31H30N2O2/c1-35-18-8-17-32-31(34)27-16-7-14-25-24-13-6-15-26(24)30(33-29(25)27)28-22-11-4-2-9-20(22)19-21-10-3-5-12-23(21)28/h2-7,9-14,16,19,24,26,30,33H,8,15,17-18H2,1H3,(H,32,34). The number of ether oxygens (including phenoxy) is 1. The van der Waals surface area contributed by atoms with Crippen molar-refractivity contribution in [2.45, 2.75) is 24.8 Å². The summed E-state index contributed by atoms with van der Waals surface area (Å²) in [6.45, 7) is 1.23. The molecule has 0 bridgehead atoms. The van der Waals surface area contributed by atoms with Crippen molar-refractivity contribution in [2.75, 3.05) is 25.6 Å². The molecule has 1 aliphatic heterocycles. The molecule has 1 amide bonds. The predicted molar refractivity (Wildman–Crippen MR) is 143 cm³/mol. The van der Waals surface area contributed by atoms with Gasteiger partial charge in [0.2, 0.25) is 0 Å². The quantitative estimate of drug-likeness (QED) is 0.193. The topological polar surface area (TPSA) is 50.4 Å². The van der Waals surface area contributed by atoms with Gasteiger partial charge in [0, 0.05) is 26.2 Å². The molecule has 2 N–H and O–H groups in total. The second-order valence-electron chi connectivity index (χ2n) is 9.58. The third kappa shape index (κ3) is 3.78. The van der Waals surface area contributed by atoms with Crippen LogP contribution in [0, 0.1) is 5.92 Å². The molecule has 4 heteroatoms. The second-order valence-corrected chi connectivity index (χ2v) is 9.58. The zero-order valence-corrected chi connectivity index (χ0v) is 20.0. The van der Waals surface area contributed by atoms with E-state index in [2.05, 4.69) is 83.4 Å². The first kappa shape index (κ1) is 21.9. The summed E-state index contributed by atoms with van der Waals surface area (Å²) in [6.07, 6.45) is 6.46. The Morgan fingerprint density at radius 1 is 1.00 bits per heavy atom. The van der Waals surface area contributed by atoms with Crippen LogP contribution in [0.3, 0.4) is 0 Å². The van der Waals surface area contributed by atoms with Gasteiger partial charge in [0.1, 0.15) is 0 Å². The summed E-state index contributed by atoms with van der Waals surface area (Å²) in [5, 5.41) is 12.0. The van der Waals surface area contributed by atoms with E-state index in [1.54, 1.807) is 7.11 Å². The molecule has 176 valence electrons. The van der Waals surface area contributed by atoms with Crippen LogP contribution < -0.4 is 10.6 Å².